The quantitative estimate of drug-likeness (QED) is 0.890. The molecule has 0 radical (unpaired) electrons. The summed E-state index contributed by atoms with van der Waals surface area (Å²) in [5.41, 5.74) is 0.894. The van der Waals surface area contributed by atoms with E-state index in [9.17, 15) is 5.11 Å². The van der Waals surface area contributed by atoms with Gasteiger partial charge in [0.05, 0.1) is 18.4 Å². The van der Waals surface area contributed by atoms with E-state index in [-0.39, 0.29) is 6.10 Å². The van der Waals surface area contributed by atoms with Crippen LogP contribution >= 0.6 is 0 Å². The average Bonchev–Trinajstić information content (AvgIpc) is 3.00. The first-order valence-corrected chi connectivity index (χ1v) is 7.91. The van der Waals surface area contributed by atoms with Crippen LogP contribution in [0, 0.1) is 17.8 Å². The van der Waals surface area contributed by atoms with Gasteiger partial charge in [0, 0.05) is 11.8 Å². The van der Waals surface area contributed by atoms with E-state index >= 15 is 0 Å². The van der Waals surface area contributed by atoms with Crippen molar-refractivity contribution in [3.05, 3.63) is 24.0 Å². The van der Waals surface area contributed by atoms with Gasteiger partial charge < -0.3 is 9.84 Å². The lowest BCUT2D eigenvalue weighted by Crippen LogP contribution is -2.14. The Hall–Kier alpha value is -1.09. The molecule has 0 spiro atoms. The van der Waals surface area contributed by atoms with Crippen molar-refractivity contribution in [3.63, 3.8) is 0 Å². The van der Waals surface area contributed by atoms with Gasteiger partial charge in [0.15, 0.2) is 0 Å². The summed E-state index contributed by atoms with van der Waals surface area (Å²) in [5, 5.41) is 10.5. The van der Waals surface area contributed by atoms with Crippen LogP contribution in [0.25, 0.3) is 0 Å². The standard InChI is InChI=1S/C17H25NO2/c1-11(2)20-16-7-15(9-18-10-16)17(19)8-14-6-12-3-4-13(14)5-12/h7,9-14,17,19H,3-6,8H2,1-2H3. The molecule has 1 heterocycles. The number of nitrogens with zero attached hydrogens (tertiary/aromatic N) is 1. The monoisotopic (exact) mass is 275 g/mol. The number of rotatable bonds is 5. The molecule has 0 amide bonds. The van der Waals surface area contributed by atoms with Crippen molar-refractivity contribution in [2.75, 3.05) is 0 Å². The van der Waals surface area contributed by atoms with Crippen LogP contribution in [-0.4, -0.2) is 16.2 Å². The van der Waals surface area contributed by atoms with E-state index in [1.54, 1.807) is 12.4 Å². The lowest BCUT2D eigenvalue weighted by molar-refractivity contribution is 0.124. The van der Waals surface area contributed by atoms with Gasteiger partial charge in [0.1, 0.15) is 5.75 Å². The Morgan fingerprint density at radius 1 is 1.30 bits per heavy atom. The predicted octanol–water partition coefficient (Wildman–Crippen LogP) is 3.73. The molecule has 0 aliphatic heterocycles. The van der Waals surface area contributed by atoms with E-state index in [1.165, 1.54) is 25.7 Å². The molecule has 1 aromatic rings. The summed E-state index contributed by atoms with van der Waals surface area (Å²) in [6, 6.07) is 1.94. The second kappa shape index (κ2) is 5.72. The van der Waals surface area contributed by atoms with Gasteiger partial charge in [-0.1, -0.05) is 6.42 Å². The number of aromatic nitrogens is 1. The van der Waals surface area contributed by atoms with E-state index in [4.69, 9.17) is 4.74 Å². The minimum atomic E-state index is -0.400. The summed E-state index contributed by atoms with van der Waals surface area (Å²) >= 11 is 0. The Morgan fingerprint density at radius 2 is 2.15 bits per heavy atom. The van der Waals surface area contributed by atoms with Crippen molar-refractivity contribution in [2.24, 2.45) is 17.8 Å². The molecule has 4 unspecified atom stereocenters. The minimum absolute atomic E-state index is 0.134. The van der Waals surface area contributed by atoms with Crippen LogP contribution in [0.2, 0.25) is 0 Å². The minimum Gasteiger partial charge on any atom is -0.489 e. The van der Waals surface area contributed by atoms with Gasteiger partial charge >= 0.3 is 0 Å². The molecule has 0 aromatic carbocycles. The SMILES string of the molecule is CC(C)Oc1cncc(C(O)CC2CC3CCC2C3)c1. The second-order valence-electron chi connectivity index (χ2n) is 6.81. The molecule has 1 aromatic heterocycles. The maximum absolute atomic E-state index is 10.5. The molecule has 110 valence electrons. The Labute approximate surface area is 121 Å². The van der Waals surface area contributed by atoms with Crippen LogP contribution in [0.15, 0.2) is 18.5 Å². The maximum Gasteiger partial charge on any atom is 0.138 e. The molecule has 4 atom stereocenters. The van der Waals surface area contributed by atoms with Crippen LogP contribution < -0.4 is 4.74 Å². The van der Waals surface area contributed by atoms with Crippen molar-refractivity contribution < 1.29 is 9.84 Å². The number of hydrogen-bond acceptors (Lipinski definition) is 3. The van der Waals surface area contributed by atoms with E-state index in [0.717, 1.165) is 29.6 Å². The van der Waals surface area contributed by atoms with Crippen LogP contribution in [-0.2, 0) is 0 Å². The van der Waals surface area contributed by atoms with Crippen LogP contribution in [0.4, 0.5) is 0 Å². The van der Waals surface area contributed by atoms with Crippen LogP contribution in [0.5, 0.6) is 5.75 Å². The Balaban J connectivity index is 1.63. The molecule has 2 aliphatic carbocycles. The zero-order valence-electron chi connectivity index (χ0n) is 12.5. The normalized spacial score (nSPS) is 29.9. The molecule has 3 heteroatoms. The molecule has 2 aliphatic rings. The molecule has 2 fully saturated rings. The lowest BCUT2D eigenvalue weighted by atomic mass is 9.84. The summed E-state index contributed by atoms with van der Waals surface area (Å²) in [6.45, 7) is 4.00. The molecule has 20 heavy (non-hydrogen) atoms. The number of fused-ring (bicyclic) bond motifs is 2. The summed E-state index contributed by atoms with van der Waals surface area (Å²) < 4.78 is 5.65. The van der Waals surface area contributed by atoms with Gasteiger partial charge in [-0.2, -0.15) is 0 Å². The maximum atomic E-state index is 10.5. The third-order valence-electron chi connectivity index (χ3n) is 4.90. The van der Waals surface area contributed by atoms with Gasteiger partial charge in [-0.05, 0) is 63.4 Å². The van der Waals surface area contributed by atoms with Crippen molar-refractivity contribution in [1.29, 1.82) is 0 Å². The smallest absolute Gasteiger partial charge is 0.138 e. The average molecular weight is 275 g/mol. The van der Waals surface area contributed by atoms with Gasteiger partial charge in [-0.25, -0.2) is 0 Å². The second-order valence-corrected chi connectivity index (χ2v) is 6.81. The first-order valence-electron chi connectivity index (χ1n) is 7.91. The number of aliphatic hydroxyl groups is 1. The van der Waals surface area contributed by atoms with E-state index in [0.29, 0.717) is 5.92 Å². The van der Waals surface area contributed by atoms with Gasteiger partial charge in [0.25, 0.3) is 0 Å². The topological polar surface area (TPSA) is 42.4 Å². The first kappa shape index (κ1) is 13.9. The molecule has 2 saturated carbocycles. The molecule has 3 rings (SSSR count). The van der Waals surface area contributed by atoms with Crippen LogP contribution in [0.1, 0.15) is 57.6 Å². The highest BCUT2D eigenvalue weighted by Gasteiger charge is 2.40. The Morgan fingerprint density at radius 3 is 2.80 bits per heavy atom. The molecule has 3 nitrogen and oxygen atoms in total. The molecule has 2 bridgehead atoms. The highest BCUT2D eigenvalue weighted by atomic mass is 16.5. The largest absolute Gasteiger partial charge is 0.489 e. The molecule has 0 saturated heterocycles. The highest BCUT2D eigenvalue weighted by molar-refractivity contribution is 5.25. The number of hydrogen-bond donors (Lipinski definition) is 1. The molecular formula is C17H25NO2. The fraction of sp³-hybridized carbons (Fsp3) is 0.706. The van der Waals surface area contributed by atoms with E-state index < -0.39 is 6.10 Å². The van der Waals surface area contributed by atoms with Crippen molar-refractivity contribution in [2.45, 2.75) is 58.2 Å². The highest BCUT2D eigenvalue weighted by Crippen LogP contribution is 2.50. The Kier molecular flexibility index (Phi) is 3.97. The zero-order valence-corrected chi connectivity index (χ0v) is 12.5. The fourth-order valence-corrected chi connectivity index (χ4v) is 4.04. The molecular weight excluding hydrogens is 250 g/mol. The summed E-state index contributed by atoms with van der Waals surface area (Å²) in [7, 11) is 0. The Bertz CT molecular complexity index is 460. The van der Waals surface area contributed by atoms with Crippen molar-refractivity contribution in [3.8, 4) is 5.75 Å². The van der Waals surface area contributed by atoms with Gasteiger partial charge in [-0.3, -0.25) is 4.98 Å². The van der Waals surface area contributed by atoms with Crippen molar-refractivity contribution >= 4 is 0 Å². The predicted molar refractivity (Wildman–Crippen MR) is 78.5 cm³/mol. The number of aliphatic hydroxyl groups excluding tert-OH is 1. The summed E-state index contributed by atoms with van der Waals surface area (Å²) in [4.78, 5) is 4.20. The lowest BCUT2D eigenvalue weighted by Gasteiger charge is -2.24. The first-order chi connectivity index (χ1) is 9.61. The van der Waals surface area contributed by atoms with Crippen LogP contribution in [0.3, 0.4) is 0 Å². The zero-order chi connectivity index (χ0) is 14.1. The third-order valence-corrected chi connectivity index (χ3v) is 4.90. The summed E-state index contributed by atoms with van der Waals surface area (Å²) in [6.07, 6.45) is 9.60. The number of pyridine rings is 1. The fourth-order valence-electron chi connectivity index (χ4n) is 4.04. The van der Waals surface area contributed by atoms with Crippen molar-refractivity contribution in [1.82, 2.24) is 4.98 Å². The third kappa shape index (κ3) is 2.98. The van der Waals surface area contributed by atoms with Gasteiger partial charge in [-0.15, -0.1) is 0 Å². The number of ether oxygens (including phenoxy) is 1. The molecule has 1 N–H and O–H groups in total. The van der Waals surface area contributed by atoms with E-state index in [1.807, 2.05) is 19.9 Å². The van der Waals surface area contributed by atoms with E-state index in [2.05, 4.69) is 4.98 Å². The summed E-state index contributed by atoms with van der Waals surface area (Å²) in [5.74, 6) is 3.26. The van der Waals surface area contributed by atoms with Gasteiger partial charge in [0.2, 0.25) is 0 Å².